The molecule has 0 unspecified atom stereocenters. The van der Waals surface area contributed by atoms with Crippen LogP contribution in [0, 0.1) is 10.1 Å². The van der Waals surface area contributed by atoms with Gasteiger partial charge < -0.3 is 5.32 Å². The van der Waals surface area contributed by atoms with Crippen LogP contribution >= 0.6 is 11.6 Å². The maximum absolute atomic E-state index is 12.4. The number of nitrogens with one attached hydrogen (secondary N) is 1. The van der Waals surface area contributed by atoms with Crippen molar-refractivity contribution in [2.75, 3.05) is 6.54 Å². The molecular weight excluding hydrogens is 374 g/mol. The molecule has 3 amide bonds. The largest absolute Gasteiger partial charge is 0.348 e. The molecule has 0 spiro atoms. The third-order valence-corrected chi connectivity index (χ3v) is 4.43. The quantitative estimate of drug-likeness (QED) is 0.482. The molecule has 1 aliphatic rings. The number of carbonyl (C=O) groups excluding carboxylic acids is 3. The second kappa shape index (κ2) is 7.16. The topological polar surface area (TPSA) is 110 Å². The van der Waals surface area contributed by atoms with Crippen molar-refractivity contribution in [2.45, 2.75) is 13.0 Å². The highest BCUT2D eigenvalue weighted by Gasteiger charge is 2.37. The van der Waals surface area contributed by atoms with Gasteiger partial charge in [0.25, 0.3) is 17.5 Å². The molecule has 1 atom stereocenters. The zero-order valence-corrected chi connectivity index (χ0v) is 14.9. The summed E-state index contributed by atoms with van der Waals surface area (Å²) in [5.74, 6) is -1.92. The number of halogens is 1. The predicted molar refractivity (Wildman–Crippen MR) is 96.5 cm³/mol. The summed E-state index contributed by atoms with van der Waals surface area (Å²) in [4.78, 5) is 48.0. The highest BCUT2D eigenvalue weighted by molar-refractivity contribution is 6.30. The van der Waals surface area contributed by atoms with Crippen molar-refractivity contribution in [1.82, 2.24) is 10.2 Å². The molecule has 0 aliphatic carbocycles. The lowest BCUT2D eigenvalue weighted by Crippen LogP contribution is -2.41. The Balaban J connectivity index is 1.72. The molecule has 138 valence electrons. The summed E-state index contributed by atoms with van der Waals surface area (Å²) < 4.78 is 0. The van der Waals surface area contributed by atoms with Gasteiger partial charge in [-0.3, -0.25) is 29.4 Å². The molecule has 0 radical (unpaired) electrons. The Morgan fingerprint density at radius 2 is 1.89 bits per heavy atom. The first-order valence-electron chi connectivity index (χ1n) is 7.97. The number of fused-ring (bicyclic) bond motifs is 1. The van der Waals surface area contributed by atoms with Gasteiger partial charge in [-0.15, -0.1) is 0 Å². The number of nitro groups is 1. The molecule has 1 heterocycles. The summed E-state index contributed by atoms with van der Waals surface area (Å²) in [6, 6.07) is 9.98. The van der Waals surface area contributed by atoms with Crippen LogP contribution in [0.3, 0.4) is 0 Å². The van der Waals surface area contributed by atoms with Crippen LogP contribution in [0.1, 0.15) is 39.2 Å². The van der Waals surface area contributed by atoms with Crippen LogP contribution in [0.15, 0.2) is 42.5 Å². The lowest BCUT2D eigenvalue weighted by Gasteiger charge is -2.18. The van der Waals surface area contributed by atoms with Gasteiger partial charge in [0, 0.05) is 17.2 Å². The summed E-state index contributed by atoms with van der Waals surface area (Å²) in [6.45, 7) is 1.26. The maximum Gasteiger partial charge on any atom is 0.270 e. The van der Waals surface area contributed by atoms with Crippen molar-refractivity contribution in [3.05, 3.63) is 74.3 Å². The Morgan fingerprint density at radius 3 is 2.56 bits per heavy atom. The van der Waals surface area contributed by atoms with Crippen LogP contribution in [0.4, 0.5) is 5.69 Å². The van der Waals surface area contributed by atoms with Crippen molar-refractivity contribution < 1.29 is 19.3 Å². The number of hydrogen-bond donors (Lipinski definition) is 1. The molecule has 0 fully saturated rings. The Labute approximate surface area is 158 Å². The minimum atomic E-state index is -0.732. The molecule has 2 aromatic rings. The Hall–Kier alpha value is -3.26. The Morgan fingerprint density at radius 1 is 1.19 bits per heavy atom. The zero-order valence-electron chi connectivity index (χ0n) is 14.1. The summed E-state index contributed by atoms with van der Waals surface area (Å²) in [5, 5.41) is 14.1. The molecule has 2 aromatic carbocycles. The molecule has 3 rings (SSSR count). The number of hydrogen-bond acceptors (Lipinski definition) is 5. The molecule has 1 N–H and O–H groups in total. The molecule has 0 saturated carbocycles. The number of benzene rings is 2. The van der Waals surface area contributed by atoms with E-state index in [1.807, 2.05) is 0 Å². The molecule has 1 aliphatic heterocycles. The van der Waals surface area contributed by atoms with Crippen LogP contribution in [0.2, 0.25) is 5.02 Å². The monoisotopic (exact) mass is 387 g/mol. The van der Waals surface area contributed by atoms with Gasteiger partial charge >= 0.3 is 0 Å². The van der Waals surface area contributed by atoms with Crippen LogP contribution in [-0.4, -0.2) is 34.1 Å². The number of rotatable bonds is 5. The van der Waals surface area contributed by atoms with Gasteiger partial charge in [-0.2, -0.15) is 0 Å². The highest BCUT2D eigenvalue weighted by Crippen LogP contribution is 2.26. The van der Waals surface area contributed by atoms with Gasteiger partial charge in [-0.1, -0.05) is 23.7 Å². The Bertz CT molecular complexity index is 975. The standard InChI is InChI=1S/C18H14ClN3O5/c1-10(11-3-2-4-12(19)7-11)20-16(23)9-21-17(24)14-6-5-13(22(26)27)8-15(14)18(21)25/h2-8,10H,9H2,1H3,(H,20,23)/t10-/m0/s1. The summed E-state index contributed by atoms with van der Waals surface area (Å²) >= 11 is 5.93. The fourth-order valence-electron chi connectivity index (χ4n) is 2.83. The van der Waals surface area contributed by atoms with Crippen LogP contribution < -0.4 is 5.32 Å². The normalized spacial score (nSPS) is 14.1. The average molecular weight is 388 g/mol. The van der Waals surface area contributed by atoms with Crippen LogP contribution in [0.5, 0.6) is 0 Å². The molecule has 0 aromatic heterocycles. The van der Waals surface area contributed by atoms with E-state index >= 15 is 0 Å². The smallest absolute Gasteiger partial charge is 0.270 e. The van der Waals surface area contributed by atoms with Crippen molar-refractivity contribution in [1.29, 1.82) is 0 Å². The fraction of sp³-hybridized carbons (Fsp3) is 0.167. The van der Waals surface area contributed by atoms with Gasteiger partial charge in [0.15, 0.2) is 0 Å². The third-order valence-electron chi connectivity index (χ3n) is 4.19. The molecule has 27 heavy (non-hydrogen) atoms. The van der Waals surface area contributed by atoms with E-state index in [9.17, 15) is 24.5 Å². The minimum Gasteiger partial charge on any atom is -0.348 e. The average Bonchev–Trinajstić information content (AvgIpc) is 2.86. The highest BCUT2D eigenvalue weighted by atomic mass is 35.5. The first-order chi connectivity index (χ1) is 12.8. The number of nitrogens with zero attached hydrogens (tertiary/aromatic N) is 2. The third kappa shape index (κ3) is 3.65. The van der Waals surface area contributed by atoms with E-state index in [4.69, 9.17) is 11.6 Å². The van der Waals surface area contributed by atoms with E-state index in [2.05, 4.69) is 5.32 Å². The predicted octanol–water partition coefficient (Wildman–Crippen LogP) is 2.72. The number of non-ortho nitro benzene ring substituents is 1. The van der Waals surface area contributed by atoms with E-state index < -0.39 is 29.2 Å². The van der Waals surface area contributed by atoms with Crippen molar-refractivity contribution in [3.63, 3.8) is 0 Å². The first kappa shape index (κ1) is 18.5. The maximum atomic E-state index is 12.4. The van der Waals surface area contributed by atoms with Gasteiger partial charge in [0.05, 0.1) is 22.1 Å². The molecule has 9 heteroatoms. The lowest BCUT2D eigenvalue weighted by molar-refractivity contribution is -0.384. The number of imide groups is 1. The van der Waals surface area contributed by atoms with Crippen LogP contribution in [-0.2, 0) is 4.79 Å². The Kier molecular flexibility index (Phi) is 4.91. The van der Waals surface area contributed by atoms with E-state index in [0.29, 0.717) is 5.02 Å². The lowest BCUT2D eigenvalue weighted by atomic mass is 10.1. The van der Waals surface area contributed by atoms with Gasteiger partial charge in [-0.05, 0) is 30.7 Å². The minimum absolute atomic E-state index is 0.0429. The summed E-state index contributed by atoms with van der Waals surface area (Å²) in [7, 11) is 0. The molecule has 0 saturated heterocycles. The van der Waals surface area contributed by atoms with E-state index in [1.165, 1.54) is 6.07 Å². The summed E-state index contributed by atoms with van der Waals surface area (Å²) in [5.41, 5.74) is 0.441. The number of nitro benzene ring substituents is 1. The zero-order chi connectivity index (χ0) is 19.7. The molecular formula is C18H14ClN3O5. The summed E-state index contributed by atoms with van der Waals surface area (Å²) in [6.07, 6.45) is 0. The number of carbonyl (C=O) groups is 3. The second-order valence-electron chi connectivity index (χ2n) is 6.03. The fourth-order valence-corrected chi connectivity index (χ4v) is 3.02. The van der Waals surface area contributed by atoms with Gasteiger partial charge in [-0.25, -0.2) is 0 Å². The van der Waals surface area contributed by atoms with E-state index in [1.54, 1.807) is 31.2 Å². The van der Waals surface area contributed by atoms with Crippen molar-refractivity contribution in [2.24, 2.45) is 0 Å². The van der Waals surface area contributed by atoms with E-state index in [-0.39, 0.29) is 22.9 Å². The van der Waals surface area contributed by atoms with Gasteiger partial charge in [0.1, 0.15) is 6.54 Å². The molecule has 0 bridgehead atoms. The van der Waals surface area contributed by atoms with Crippen LogP contribution in [0.25, 0.3) is 0 Å². The van der Waals surface area contributed by atoms with Crippen molar-refractivity contribution >= 4 is 35.0 Å². The SMILES string of the molecule is C[C@H](NC(=O)CN1C(=O)c2ccc([N+](=O)[O-])cc2C1=O)c1cccc(Cl)c1. The van der Waals surface area contributed by atoms with E-state index in [0.717, 1.165) is 22.6 Å². The van der Waals surface area contributed by atoms with Gasteiger partial charge in [0.2, 0.25) is 5.91 Å². The van der Waals surface area contributed by atoms with Crippen molar-refractivity contribution in [3.8, 4) is 0 Å². The second-order valence-corrected chi connectivity index (χ2v) is 6.46. The molecule has 8 nitrogen and oxygen atoms in total. The first-order valence-corrected chi connectivity index (χ1v) is 8.35. The number of amides is 3.